The molecule has 0 spiro atoms. The van der Waals surface area contributed by atoms with Crippen LogP contribution in [0.2, 0.25) is 0 Å². The van der Waals surface area contributed by atoms with Gasteiger partial charge in [0, 0.05) is 37.9 Å². The highest BCUT2D eigenvalue weighted by Gasteiger charge is 2.14. The van der Waals surface area contributed by atoms with Crippen molar-refractivity contribution >= 4 is 28.2 Å². The molecule has 0 atom stereocenters. The Morgan fingerprint density at radius 1 is 1.13 bits per heavy atom. The Kier molecular flexibility index (Phi) is 11.0. The maximum Gasteiger partial charge on any atom is 0.253 e. The largest absolute Gasteiger partial charge is 0.385 e. The number of benzene rings is 1. The molecule has 0 aliphatic carbocycles. The lowest BCUT2D eigenvalue weighted by Crippen LogP contribution is -2.42. The Morgan fingerprint density at radius 2 is 1.90 bits per heavy atom. The second kappa shape index (κ2) is 13.5. The summed E-state index contributed by atoms with van der Waals surface area (Å²) >= 11 is 5.69. The highest BCUT2D eigenvalue weighted by Crippen LogP contribution is 2.15. The van der Waals surface area contributed by atoms with Gasteiger partial charge in [0.25, 0.3) is 5.56 Å². The third-order valence-electron chi connectivity index (χ3n) is 5.64. The van der Waals surface area contributed by atoms with Gasteiger partial charge in [-0.1, -0.05) is 26.8 Å². The molecule has 1 aromatic heterocycles. The van der Waals surface area contributed by atoms with Crippen molar-refractivity contribution in [3.8, 4) is 0 Å². The van der Waals surface area contributed by atoms with E-state index in [0.717, 1.165) is 68.5 Å². The van der Waals surface area contributed by atoms with Crippen LogP contribution < -0.4 is 10.9 Å². The fourth-order valence-corrected chi connectivity index (χ4v) is 3.90. The van der Waals surface area contributed by atoms with Gasteiger partial charge in [0.15, 0.2) is 5.11 Å². The summed E-state index contributed by atoms with van der Waals surface area (Å²) in [5.41, 5.74) is 2.83. The number of methoxy groups -OCH3 is 1. The Bertz CT molecular complexity index is 879. The number of nitrogens with one attached hydrogen (secondary N) is 2. The SMILES string of the molecule is CCc1ccc2[nH]c(=O)c(CN(CCCN(CC)CC)C(=S)NCCCOC)cc2c1. The lowest BCUT2D eigenvalue weighted by atomic mass is 10.1. The molecule has 7 heteroatoms. The first-order valence-corrected chi connectivity index (χ1v) is 11.8. The molecule has 1 aromatic carbocycles. The summed E-state index contributed by atoms with van der Waals surface area (Å²) in [6.07, 6.45) is 2.85. The molecule has 0 fully saturated rings. The van der Waals surface area contributed by atoms with Crippen LogP contribution in [0.3, 0.4) is 0 Å². The van der Waals surface area contributed by atoms with E-state index in [4.69, 9.17) is 17.0 Å². The van der Waals surface area contributed by atoms with Crippen LogP contribution in [0.15, 0.2) is 29.1 Å². The van der Waals surface area contributed by atoms with Crippen molar-refractivity contribution in [1.82, 2.24) is 20.1 Å². The van der Waals surface area contributed by atoms with Crippen molar-refractivity contribution in [2.45, 2.75) is 46.6 Å². The van der Waals surface area contributed by atoms with Gasteiger partial charge in [-0.2, -0.15) is 0 Å². The van der Waals surface area contributed by atoms with Crippen molar-refractivity contribution in [1.29, 1.82) is 0 Å². The Labute approximate surface area is 192 Å². The molecule has 0 aliphatic rings. The molecule has 0 amide bonds. The van der Waals surface area contributed by atoms with Crippen molar-refractivity contribution in [2.24, 2.45) is 0 Å². The smallest absolute Gasteiger partial charge is 0.253 e. The van der Waals surface area contributed by atoms with Crippen LogP contribution in [0, 0.1) is 0 Å². The van der Waals surface area contributed by atoms with Gasteiger partial charge in [0.2, 0.25) is 0 Å². The number of pyridine rings is 1. The van der Waals surface area contributed by atoms with Crippen LogP contribution in [0.25, 0.3) is 10.9 Å². The first-order chi connectivity index (χ1) is 15.0. The highest BCUT2D eigenvalue weighted by molar-refractivity contribution is 7.80. The maximum absolute atomic E-state index is 12.7. The zero-order chi connectivity index (χ0) is 22.6. The number of nitrogens with zero attached hydrogens (tertiary/aromatic N) is 2. The Balaban J connectivity index is 2.16. The molecule has 0 aliphatic heterocycles. The van der Waals surface area contributed by atoms with Gasteiger partial charge in [-0.3, -0.25) is 4.79 Å². The topological polar surface area (TPSA) is 60.6 Å². The van der Waals surface area contributed by atoms with Gasteiger partial charge < -0.3 is 24.8 Å². The van der Waals surface area contributed by atoms with Crippen LogP contribution in [0.5, 0.6) is 0 Å². The van der Waals surface area contributed by atoms with E-state index in [2.05, 4.69) is 53.0 Å². The van der Waals surface area contributed by atoms with Crippen molar-refractivity contribution in [3.63, 3.8) is 0 Å². The van der Waals surface area contributed by atoms with Crippen molar-refractivity contribution < 1.29 is 4.74 Å². The second-order valence-corrected chi connectivity index (χ2v) is 8.17. The standard InChI is InChI=1S/C24H38N4O2S/c1-5-19-10-11-22-20(16-19)17-21(23(29)26-22)18-28(14-9-13-27(6-2)7-3)24(31)25-12-8-15-30-4/h10-11,16-17H,5-9,12-15,18H2,1-4H3,(H,25,31)(H,26,29). The molecule has 0 saturated heterocycles. The predicted molar refractivity (Wildman–Crippen MR) is 134 cm³/mol. The summed E-state index contributed by atoms with van der Waals surface area (Å²) in [6.45, 7) is 12.4. The fraction of sp³-hybridized carbons (Fsp3) is 0.583. The molecule has 1 heterocycles. The van der Waals surface area contributed by atoms with E-state index in [9.17, 15) is 4.79 Å². The number of H-pyrrole nitrogens is 1. The number of aromatic nitrogens is 1. The number of hydrogen-bond acceptors (Lipinski definition) is 4. The lowest BCUT2D eigenvalue weighted by Gasteiger charge is -2.27. The van der Waals surface area contributed by atoms with E-state index < -0.39 is 0 Å². The normalized spacial score (nSPS) is 11.3. The molecule has 172 valence electrons. The minimum absolute atomic E-state index is 0.0484. The number of thiocarbonyl (C=S) groups is 1. The van der Waals surface area contributed by atoms with Crippen LogP contribution in [-0.4, -0.2) is 66.3 Å². The number of rotatable bonds is 13. The van der Waals surface area contributed by atoms with Gasteiger partial charge in [-0.15, -0.1) is 0 Å². The minimum atomic E-state index is -0.0484. The zero-order valence-corrected chi connectivity index (χ0v) is 20.3. The van der Waals surface area contributed by atoms with E-state index in [-0.39, 0.29) is 5.56 Å². The van der Waals surface area contributed by atoms with E-state index in [1.165, 1.54) is 5.56 Å². The Morgan fingerprint density at radius 3 is 2.58 bits per heavy atom. The van der Waals surface area contributed by atoms with Crippen molar-refractivity contribution in [2.75, 3.05) is 46.4 Å². The van der Waals surface area contributed by atoms with Gasteiger partial charge in [-0.05, 0) is 80.3 Å². The molecule has 2 rings (SSSR count). The first kappa shape index (κ1) is 25.3. The maximum atomic E-state index is 12.7. The van der Waals surface area contributed by atoms with Crippen LogP contribution in [0.1, 0.15) is 44.7 Å². The number of fused-ring (bicyclic) bond motifs is 1. The average Bonchev–Trinajstić information content (AvgIpc) is 2.78. The Hall–Kier alpha value is -1.96. The monoisotopic (exact) mass is 446 g/mol. The van der Waals surface area contributed by atoms with Gasteiger partial charge in [-0.25, -0.2) is 0 Å². The molecule has 31 heavy (non-hydrogen) atoms. The summed E-state index contributed by atoms with van der Waals surface area (Å²) in [6, 6.07) is 8.22. The van der Waals surface area contributed by atoms with Crippen LogP contribution in [-0.2, 0) is 17.7 Å². The second-order valence-electron chi connectivity index (χ2n) is 7.78. The van der Waals surface area contributed by atoms with Crippen LogP contribution in [0.4, 0.5) is 0 Å². The summed E-state index contributed by atoms with van der Waals surface area (Å²) in [4.78, 5) is 20.3. The van der Waals surface area contributed by atoms with E-state index in [0.29, 0.717) is 18.3 Å². The molecule has 0 unspecified atom stereocenters. The third-order valence-corrected chi connectivity index (χ3v) is 6.04. The van der Waals surface area contributed by atoms with Gasteiger partial charge in [0.05, 0.1) is 6.54 Å². The summed E-state index contributed by atoms with van der Waals surface area (Å²) < 4.78 is 5.12. The number of aryl methyl sites for hydroxylation is 1. The molecule has 6 nitrogen and oxygen atoms in total. The average molecular weight is 447 g/mol. The third kappa shape index (κ3) is 7.91. The van der Waals surface area contributed by atoms with E-state index in [1.54, 1.807) is 7.11 Å². The van der Waals surface area contributed by atoms with E-state index in [1.807, 2.05) is 12.1 Å². The summed E-state index contributed by atoms with van der Waals surface area (Å²) in [7, 11) is 1.70. The molecule has 0 bridgehead atoms. The predicted octanol–water partition coefficient (Wildman–Crippen LogP) is 3.54. The quantitative estimate of drug-likeness (QED) is 0.363. The molecule has 2 aromatic rings. The molecular formula is C24H38N4O2S. The fourth-order valence-electron chi connectivity index (χ4n) is 3.65. The van der Waals surface area contributed by atoms with Gasteiger partial charge >= 0.3 is 0 Å². The zero-order valence-electron chi connectivity index (χ0n) is 19.5. The van der Waals surface area contributed by atoms with Crippen molar-refractivity contribution in [3.05, 3.63) is 45.7 Å². The summed E-state index contributed by atoms with van der Waals surface area (Å²) in [5, 5.41) is 5.09. The van der Waals surface area contributed by atoms with Gasteiger partial charge in [0.1, 0.15) is 0 Å². The first-order valence-electron chi connectivity index (χ1n) is 11.4. The number of aromatic amines is 1. The number of ether oxygens (including phenoxy) is 1. The van der Waals surface area contributed by atoms with Crippen LogP contribution >= 0.6 is 12.2 Å². The molecule has 0 saturated carbocycles. The molecule has 0 radical (unpaired) electrons. The van der Waals surface area contributed by atoms with E-state index >= 15 is 0 Å². The number of hydrogen-bond donors (Lipinski definition) is 2. The minimum Gasteiger partial charge on any atom is -0.385 e. The molecular weight excluding hydrogens is 408 g/mol. The lowest BCUT2D eigenvalue weighted by molar-refractivity contribution is 0.195. The highest BCUT2D eigenvalue weighted by atomic mass is 32.1. The molecule has 2 N–H and O–H groups in total. The summed E-state index contributed by atoms with van der Waals surface area (Å²) in [5.74, 6) is 0.